The molecule has 0 atom stereocenters. The molecule has 0 saturated heterocycles. The summed E-state index contributed by atoms with van der Waals surface area (Å²) < 4.78 is 25.3. The maximum atomic E-state index is 14.0. The van der Waals surface area contributed by atoms with Crippen molar-refractivity contribution in [3.63, 3.8) is 0 Å². The van der Waals surface area contributed by atoms with E-state index in [1.165, 1.54) is 31.4 Å². The van der Waals surface area contributed by atoms with Crippen LogP contribution in [0.2, 0.25) is 5.02 Å². The summed E-state index contributed by atoms with van der Waals surface area (Å²) in [4.78, 5) is 11.0. The first-order valence-electron chi connectivity index (χ1n) is 8.78. The van der Waals surface area contributed by atoms with E-state index in [1.54, 1.807) is 24.3 Å². The number of carboxylic acid groups (broad SMARTS) is 1. The van der Waals surface area contributed by atoms with Crippen LogP contribution in [0.25, 0.3) is 0 Å². The van der Waals surface area contributed by atoms with Gasteiger partial charge in [-0.25, -0.2) is 9.18 Å². The molecule has 0 heterocycles. The highest BCUT2D eigenvalue weighted by Crippen LogP contribution is 2.33. The van der Waals surface area contributed by atoms with E-state index < -0.39 is 11.8 Å². The van der Waals surface area contributed by atoms with E-state index in [-0.39, 0.29) is 22.8 Å². The van der Waals surface area contributed by atoms with Crippen LogP contribution < -0.4 is 14.8 Å². The van der Waals surface area contributed by atoms with Gasteiger partial charge in [-0.3, -0.25) is 0 Å². The Morgan fingerprint density at radius 3 is 2.48 bits per heavy atom. The van der Waals surface area contributed by atoms with Crippen molar-refractivity contribution in [3.05, 3.63) is 88.2 Å². The smallest absolute Gasteiger partial charge is 0.335 e. The number of hydrogen-bond donors (Lipinski definition) is 2. The van der Waals surface area contributed by atoms with Gasteiger partial charge >= 0.3 is 5.97 Å². The zero-order valence-electron chi connectivity index (χ0n) is 15.6. The molecule has 150 valence electrons. The van der Waals surface area contributed by atoms with Crippen LogP contribution in [0.15, 0.2) is 60.7 Å². The van der Waals surface area contributed by atoms with E-state index in [0.717, 1.165) is 11.3 Å². The molecule has 3 aromatic carbocycles. The first-order chi connectivity index (χ1) is 14.0. The van der Waals surface area contributed by atoms with Crippen molar-refractivity contribution in [2.45, 2.75) is 13.2 Å². The maximum absolute atomic E-state index is 14.0. The molecule has 0 aliphatic carbocycles. The monoisotopic (exact) mass is 415 g/mol. The van der Waals surface area contributed by atoms with E-state index in [2.05, 4.69) is 5.32 Å². The predicted molar refractivity (Wildman–Crippen MR) is 109 cm³/mol. The average molecular weight is 416 g/mol. The molecule has 0 fully saturated rings. The molecule has 0 bridgehead atoms. The van der Waals surface area contributed by atoms with Crippen molar-refractivity contribution in [2.24, 2.45) is 0 Å². The molecule has 0 unspecified atom stereocenters. The van der Waals surface area contributed by atoms with Crippen LogP contribution in [-0.2, 0) is 13.2 Å². The van der Waals surface area contributed by atoms with Crippen molar-refractivity contribution >= 4 is 23.3 Å². The Morgan fingerprint density at radius 2 is 1.83 bits per heavy atom. The summed E-state index contributed by atoms with van der Waals surface area (Å²) in [6.45, 7) is 0.343. The van der Waals surface area contributed by atoms with Crippen LogP contribution in [0, 0.1) is 5.82 Å². The minimum atomic E-state index is -0.980. The van der Waals surface area contributed by atoms with Crippen molar-refractivity contribution in [1.29, 1.82) is 0 Å². The third-order valence-corrected chi connectivity index (χ3v) is 4.67. The number of benzene rings is 3. The first-order valence-corrected chi connectivity index (χ1v) is 9.16. The highest BCUT2D eigenvalue weighted by atomic mass is 35.5. The zero-order chi connectivity index (χ0) is 20.8. The van der Waals surface area contributed by atoms with Gasteiger partial charge in [0.1, 0.15) is 12.4 Å². The third-order valence-electron chi connectivity index (χ3n) is 4.32. The lowest BCUT2D eigenvalue weighted by Crippen LogP contribution is -2.06. The van der Waals surface area contributed by atoms with Crippen molar-refractivity contribution in [3.8, 4) is 11.5 Å². The number of para-hydroxylation sites is 1. The fourth-order valence-electron chi connectivity index (χ4n) is 2.77. The Hall–Kier alpha value is -3.25. The third kappa shape index (κ3) is 4.97. The Balaban J connectivity index is 1.77. The molecule has 7 heteroatoms. The molecule has 2 N–H and O–H groups in total. The molecule has 29 heavy (non-hydrogen) atoms. The van der Waals surface area contributed by atoms with Gasteiger partial charge in [-0.05, 0) is 42.5 Å². The SMILES string of the molecule is COc1cccc(CNc2ccc(C(=O)O)cc2)c1OCc1c(F)cccc1Cl. The number of ether oxygens (including phenoxy) is 2. The van der Waals surface area contributed by atoms with E-state index in [0.29, 0.717) is 18.0 Å². The number of rotatable bonds is 8. The zero-order valence-corrected chi connectivity index (χ0v) is 16.4. The molecule has 0 amide bonds. The molecular weight excluding hydrogens is 397 g/mol. The Bertz CT molecular complexity index is 988. The van der Waals surface area contributed by atoms with Crippen LogP contribution in [0.1, 0.15) is 21.5 Å². The van der Waals surface area contributed by atoms with Gasteiger partial charge in [0.25, 0.3) is 0 Å². The van der Waals surface area contributed by atoms with Crippen molar-refractivity contribution in [2.75, 3.05) is 12.4 Å². The topological polar surface area (TPSA) is 67.8 Å². The lowest BCUT2D eigenvalue weighted by Gasteiger charge is -2.17. The number of nitrogens with one attached hydrogen (secondary N) is 1. The summed E-state index contributed by atoms with van der Waals surface area (Å²) in [5, 5.41) is 12.5. The largest absolute Gasteiger partial charge is 0.493 e. The van der Waals surface area contributed by atoms with Gasteiger partial charge in [0.2, 0.25) is 0 Å². The lowest BCUT2D eigenvalue weighted by atomic mass is 10.1. The quantitative estimate of drug-likeness (QED) is 0.517. The van der Waals surface area contributed by atoms with E-state index >= 15 is 0 Å². The molecule has 3 aromatic rings. The number of anilines is 1. The summed E-state index contributed by atoms with van der Waals surface area (Å²) >= 11 is 6.08. The molecule has 0 saturated carbocycles. The summed E-state index contributed by atoms with van der Waals surface area (Å²) in [5.74, 6) is -0.431. The normalized spacial score (nSPS) is 10.4. The van der Waals surface area contributed by atoms with Crippen LogP contribution in [-0.4, -0.2) is 18.2 Å². The van der Waals surface area contributed by atoms with Gasteiger partial charge in [-0.15, -0.1) is 0 Å². The van der Waals surface area contributed by atoms with Crippen LogP contribution in [0.5, 0.6) is 11.5 Å². The Kier molecular flexibility index (Phi) is 6.57. The number of carboxylic acids is 1. The highest BCUT2D eigenvalue weighted by molar-refractivity contribution is 6.31. The van der Waals surface area contributed by atoms with Crippen LogP contribution >= 0.6 is 11.6 Å². The van der Waals surface area contributed by atoms with Gasteiger partial charge in [0.05, 0.1) is 17.7 Å². The van der Waals surface area contributed by atoms with Crippen LogP contribution in [0.3, 0.4) is 0 Å². The summed E-state index contributed by atoms with van der Waals surface area (Å²) in [6.07, 6.45) is 0. The summed E-state index contributed by atoms with van der Waals surface area (Å²) in [7, 11) is 1.53. The van der Waals surface area contributed by atoms with Gasteiger partial charge < -0.3 is 19.9 Å². The number of halogens is 2. The van der Waals surface area contributed by atoms with Gasteiger partial charge in [0, 0.05) is 23.4 Å². The fraction of sp³-hybridized carbons (Fsp3) is 0.136. The minimum Gasteiger partial charge on any atom is -0.493 e. The molecule has 0 aliphatic rings. The molecule has 0 radical (unpaired) electrons. The molecule has 5 nitrogen and oxygen atoms in total. The van der Waals surface area contributed by atoms with Gasteiger partial charge in [-0.1, -0.05) is 29.8 Å². The molecule has 0 aliphatic heterocycles. The first kappa shape index (κ1) is 20.5. The second-order valence-corrected chi connectivity index (χ2v) is 6.58. The lowest BCUT2D eigenvalue weighted by molar-refractivity contribution is 0.0697. The number of carbonyl (C=O) groups is 1. The standard InChI is InChI=1S/C22H19ClFNO4/c1-28-20-7-2-4-15(12-25-16-10-8-14(9-11-16)22(26)27)21(20)29-13-17-18(23)5-3-6-19(17)24/h2-11,25H,12-13H2,1H3,(H,26,27). The Morgan fingerprint density at radius 1 is 1.10 bits per heavy atom. The minimum absolute atomic E-state index is 0.0494. The summed E-state index contributed by atoms with van der Waals surface area (Å²) in [6, 6.07) is 16.3. The average Bonchev–Trinajstić information content (AvgIpc) is 2.72. The van der Waals surface area contributed by atoms with Crippen LogP contribution in [0.4, 0.5) is 10.1 Å². The molecule has 3 rings (SSSR count). The number of methoxy groups -OCH3 is 1. The second kappa shape index (κ2) is 9.30. The highest BCUT2D eigenvalue weighted by Gasteiger charge is 2.14. The maximum Gasteiger partial charge on any atom is 0.335 e. The van der Waals surface area contributed by atoms with E-state index in [9.17, 15) is 9.18 Å². The predicted octanol–water partition coefficient (Wildman–Crippen LogP) is 5.38. The van der Waals surface area contributed by atoms with E-state index in [4.69, 9.17) is 26.2 Å². The second-order valence-electron chi connectivity index (χ2n) is 6.17. The van der Waals surface area contributed by atoms with Crippen molar-refractivity contribution < 1.29 is 23.8 Å². The number of aromatic carboxylic acids is 1. The molecule has 0 spiro atoms. The number of hydrogen-bond acceptors (Lipinski definition) is 4. The van der Waals surface area contributed by atoms with E-state index in [1.807, 2.05) is 12.1 Å². The fourth-order valence-corrected chi connectivity index (χ4v) is 2.99. The molecular formula is C22H19ClFNO4. The Labute approximate surface area is 172 Å². The van der Waals surface area contributed by atoms with Gasteiger partial charge in [0.15, 0.2) is 11.5 Å². The van der Waals surface area contributed by atoms with Crippen molar-refractivity contribution in [1.82, 2.24) is 0 Å². The summed E-state index contributed by atoms with van der Waals surface area (Å²) in [5.41, 5.74) is 2.02. The molecule has 0 aromatic heterocycles. The van der Waals surface area contributed by atoms with Gasteiger partial charge in [-0.2, -0.15) is 0 Å².